The Morgan fingerprint density at radius 1 is 1.10 bits per heavy atom. The van der Waals surface area contributed by atoms with E-state index in [1.807, 2.05) is 0 Å². The van der Waals surface area contributed by atoms with Gasteiger partial charge in [-0.15, -0.1) is 10.2 Å². The van der Waals surface area contributed by atoms with Crippen LogP contribution in [0.2, 0.25) is 0 Å². The van der Waals surface area contributed by atoms with Crippen molar-refractivity contribution < 1.29 is 31.8 Å². The zero-order chi connectivity index (χ0) is 31.4. The lowest BCUT2D eigenvalue weighted by atomic mass is 10.2. The number of tetrazole rings is 1. The van der Waals surface area contributed by atoms with Crippen LogP contribution >= 0.6 is 0 Å². The normalized spacial score (nSPS) is 12.2. The van der Waals surface area contributed by atoms with E-state index in [4.69, 9.17) is 18.3 Å². The van der Waals surface area contributed by atoms with E-state index in [9.17, 15) is 13.5 Å². The molecule has 1 aromatic carbocycles. The molecule has 0 aliphatic carbocycles. The number of para-hydroxylation sites is 2. The van der Waals surface area contributed by atoms with Gasteiger partial charge in [-0.05, 0) is 48.0 Å². The number of aryl methyl sites for hydroxylation is 1. The van der Waals surface area contributed by atoms with Crippen LogP contribution in [0, 0.1) is 6.92 Å². The second-order valence-electron chi connectivity index (χ2n) is 8.07. The average molecular weight is 581 g/mol. The molecule has 41 heavy (non-hydrogen) atoms. The molecule has 15 nitrogen and oxygen atoms in total. The number of anilines is 1. The van der Waals surface area contributed by atoms with Crippen molar-refractivity contribution in [2.45, 2.75) is 11.9 Å². The van der Waals surface area contributed by atoms with Crippen molar-refractivity contribution in [3.8, 4) is 46.0 Å². The molecule has 0 aliphatic heterocycles. The fourth-order valence-electron chi connectivity index (χ4n) is 3.35. The zero-order valence-electron chi connectivity index (χ0n) is 24.5. The number of H-pyrrole nitrogens is 1. The number of aliphatic hydroxyl groups is 1. The van der Waals surface area contributed by atoms with E-state index < -0.39 is 46.5 Å². The van der Waals surface area contributed by atoms with E-state index in [0.29, 0.717) is 0 Å². The standard InChI is InChI=1S/C25H23N9O6S/c1-15-7-8-20(27-14-15)41(36,37)32-24-21(40-19-6-4-3-5-18(19)38-2)25(39-12-11-35)29-22(28-24)16-9-10-26-17(13-16)23-30-33-34-31-23/h3-10,13-14,35H,11-12H2,1-2H3,(H,28,29,32)(H,30,31,33,34)/i9D,10D,13D. The third kappa shape index (κ3) is 6.18. The number of aromatic amines is 1. The number of ether oxygens (including phenoxy) is 3. The van der Waals surface area contributed by atoms with Crippen molar-refractivity contribution in [2.24, 2.45) is 0 Å². The number of hydrogen-bond acceptors (Lipinski definition) is 13. The number of rotatable bonds is 11. The number of sulfonamides is 1. The van der Waals surface area contributed by atoms with Crippen LogP contribution in [0.4, 0.5) is 5.82 Å². The maximum absolute atomic E-state index is 13.5. The Morgan fingerprint density at radius 3 is 2.63 bits per heavy atom. The molecule has 0 spiro atoms. The highest BCUT2D eigenvalue weighted by Crippen LogP contribution is 2.41. The molecule has 5 aromatic rings. The molecule has 0 saturated heterocycles. The summed E-state index contributed by atoms with van der Waals surface area (Å²) in [5.74, 6) is -1.31. The summed E-state index contributed by atoms with van der Waals surface area (Å²) in [5, 5.41) is 22.4. The van der Waals surface area contributed by atoms with E-state index in [0.717, 1.165) is 5.56 Å². The van der Waals surface area contributed by atoms with Crippen molar-refractivity contribution in [1.29, 1.82) is 0 Å². The molecule has 210 valence electrons. The number of aliphatic hydroxyl groups excluding tert-OH is 1. The second-order valence-corrected chi connectivity index (χ2v) is 9.70. The van der Waals surface area contributed by atoms with Crippen LogP contribution in [0.1, 0.15) is 9.68 Å². The summed E-state index contributed by atoms with van der Waals surface area (Å²) in [7, 11) is -3.00. The van der Waals surface area contributed by atoms with Crippen molar-refractivity contribution in [3.05, 3.63) is 66.4 Å². The van der Waals surface area contributed by atoms with Crippen LogP contribution < -0.4 is 18.9 Å². The maximum atomic E-state index is 13.5. The fourth-order valence-corrected chi connectivity index (χ4v) is 4.28. The molecular weight excluding hydrogens is 554 g/mol. The molecule has 4 heterocycles. The van der Waals surface area contributed by atoms with Crippen LogP contribution in [0.3, 0.4) is 0 Å². The molecule has 0 bridgehead atoms. The molecular formula is C25H23N9O6S. The summed E-state index contributed by atoms with van der Waals surface area (Å²) < 4.78 is 71.8. The van der Waals surface area contributed by atoms with Gasteiger partial charge >= 0.3 is 0 Å². The average Bonchev–Trinajstić information content (AvgIpc) is 3.54. The molecule has 16 heteroatoms. The fraction of sp³-hybridized carbons (Fsp3) is 0.160. The highest BCUT2D eigenvalue weighted by atomic mass is 32.2. The third-order valence-electron chi connectivity index (χ3n) is 5.21. The Labute approximate surface area is 237 Å². The monoisotopic (exact) mass is 580 g/mol. The van der Waals surface area contributed by atoms with Crippen molar-refractivity contribution in [2.75, 3.05) is 25.0 Å². The highest BCUT2D eigenvalue weighted by molar-refractivity contribution is 7.92. The first kappa shape index (κ1) is 23.6. The Balaban J connectivity index is 1.76. The molecule has 3 N–H and O–H groups in total. The number of methoxy groups -OCH3 is 1. The van der Waals surface area contributed by atoms with Gasteiger partial charge in [0.25, 0.3) is 15.9 Å². The molecule has 5 rings (SSSR count). The summed E-state index contributed by atoms with van der Waals surface area (Å²) in [6.45, 7) is 0.982. The second kappa shape index (κ2) is 11.9. The Bertz CT molecular complexity index is 1910. The number of pyridine rings is 2. The lowest BCUT2D eigenvalue weighted by Crippen LogP contribution is -2.17. The first-order valence-electron chi connectivity index (χ1n) is 13.3. The SMILES string of the molecule is [2H]c1nc(-c2nn[nH]n2)c([2H])c(-c2nc(NS(=O)(=O)c3ccc(C)cn3)c(Oc3ccccc3OC)c(OCCO)n2)c1[2H]. The van der Waals surface area contributed by atoms with Gasteiger partial charge in [0.15, 0.2) is 28.2 Å². The molecule has 0 amide bonds. The van der Waals surface area contributed by atoms with Gasteiger partial charge in [0, 0.05) is 17.9 Å². The zero-order valence-corrected chi connectivity index (χ0v) is 22.3. The topological polar surface area (TPSA) is 200 Å². The van der Waals surface area contributed by atoms with Gasteiger partial charge in [-0.2, -0.15) is 18.6 Å². The van der Waals surface area contributed by atoms with E-state index in [1.54, 1.807) is 37.3 Å². The number of nitrogens with zero attached hydrogens (tertiary/aromatic N) is 7. The highest BCUT2D eigenvalue weighted by Gasteiger charge is 2.26. The lowest BCUT2D eigenvalue weighted by molar-refractivity contribution is 0.192. The van der Waals surface area contributed by atoms with E-state index in [-0.39, 0.29) is 51.8 Å². The van der Waals surface area contributed by atoms with Gasteiger partial charge in [-0.3, -0.25) is 9.71 Å². The molecule has 0 unspecified atom stereocenters. The summed E-state index contributed by atoms with van der Waals surface area (Å²) in [4.78, 5) is 16.5. The van der Waals surface area contributed by atoms with Gasteiger partial charge in [0.2, 0.25) is 11.6 Å². The molecule has 0 atom stereocenters. The third-order valence-corrected chi connectivity index (χ3v) is 6.46. The summed E-state index contributed by atoms with van der Waals surface area (Å²) in [6.07, 6.45) is 0.796. The number of aromatic nitrogens is 8. The predicted octanol–water partition coefficient (Wildman–Crippen LogP) is 2.39. The Hall–Kier alpha value is -5.22. The Kier molecular flexibility index (Phi) is 6.86. The van der Waals surface area contributed by atoms with Gasteiger partial charge in [-0.1, -0.05) is 18.2 Å². The minimum absolute atomic E-state index is 0.133. The van der Waals surface area contributed by atoms with Crippen molar-refractivity contribution >= 4 is 15.8 Å². The summed E-state index contributed by atoms with van der Waals surface area (Å²) >= 11 is 0. The van der Waals surface area contributed by atoms with E-state index in [2.05, 4.69) is 45.3 Å². The molecule has 4 aromatic heterocycles. The van der Waals surface area contributed by atoms with Crippen molar-refractivity contribution in [1.82, 2.24) is 40.6 Å². The van der Waals surface area contributed by atoms with Crippen LogP contribution in [0.15, 0.2) is 65.9 Å². The Morgan fingerprint density at radius 2 is 1.93 bits per heavy atom. The predicted molar refractivity (Wildman–Crippen MR) is 144 cm³/mol. The molecule has 0 radical (unpaired) electrons. The molecule has 0 fully saturated rings. The van der Waals surface area contributed by atoms with Crippen LogP contribution in [-0.4, -0.2) is 74.4 Å². The van der Waals surface area contributed by atoms with Crippen LogP contribution in [0.25, 0.3) is 22.9 Å². The van der Waals surface area contributed by atoms with Crippen molar-refractivity contribution in [3.63, 3.8) is 0 Å². The largest absolute Gasteiger partial charge is 0.493 e. The lowest BCUT2D eigenvalue weighted by Gasteiger charge is -2.18. The van der Waals surface area contributed by atoms with Crippen LogP contribution in [0.5, 0.6) is 23.1 Å². The first-order valence-corrected chi connectivity index (χ1v) is 13.2. The number of nitrogens with one attached hydrogen (secondary N) is 2. The quantitative estimate of drug-likeness (QED) is 0.206. The summed E-state index contributed by atoms with van der Waals surface area (Å²) in [5.41, 5.74) is 0.188. The minimum atomic E-state index is -4.41. The number of benzene rings is 1. The van der Waals surface area contributed by atoms with Gasteiger partial charge in [0.05, 0.1) is 17.8 Å². The van der Waals surface area contributed by atoms with Gasteiger partial charge in [-0.25, -0.2) is 9.97 Å². The van der Waals surface area contributed by atoms with E-state index >= 15 is 0 Å². The van der Waals surface area contributed by atoms with Gasteiger partial charge in [0.1, 0.15) is 12.3 Å². The minimum Gasteiger partial charge on any atom is -0.493 e. The maximum Gasteiger partial charge on any atom is 0.280 e. The molecule has 0 saturated carbocycles. The first-order chi connectivity index (χ1) is 21.1. The molecule has 0 aliphatic rings. The summed E-state index contributed by atoms with van der Waals surface area (Å²) in [6, 6.07) is 8.32. The van der Waals surface area contributed by atoms with Crippen LogP contribution in [-0.2, 0) is 10.0 Å². The smallest absolute Gasteiger partial charge is 0.280 e. The number of hydrogen-bond donors (Lipinski definition) is 3. The van der Waals surface area contributed by atoms with Gasteiger partial charge < -0.3 is 19.3 Å². The van der Waals surface area contributed by atoms with E-state index in [1.165, 1.54) is 19.4 Å².